The van der Waals surface area contributed by atoms with E-state index in [1.165, 1.54) is 0 Å². The Balaban J connectivity index is 1.85. The molecule has 1 aromatic heterocycles. The molecule has 24 heavy (non-hydrogen) atoms. The molecule has 0 saturated heterocycles. The molecule has 3 heteroatoms. The smallest absolute Gasteiger partial charge is 0.163 e. The van der Waals surface area contributed by atoms with Crippen LogP contribution in [0.5, 0.6) is 0 Å². The molecule has 4 rings (SSSR count). The molecule has 0 bridgehead atoms. The van der Waals surface area contributed by atoms with Gasteiger partial charge >= 0.3 is 0 Å². The lowest BCUT2D eigenvalue weighted by atomic mass is 10.00. The van der Waals surface area contributed by atoms with Gasteiger partial charge in [-0.3, -0.25) is 0 Å². The van der Waals surface area contributed by atoms with Crippen LogP contribution in [0.2, 0.25) is 0 Å². The highest BCUT2D eigenvalue weighted by molar-refractivity contribution is 5.61. The summed E-state index contributed by atoms with van der Waals surface area (Å²) in [6.07, 6.45) is 9.34. The molecule has 0 aliphatic heterocycles. The summed E-state index contributed by atoms with van der Waals surface area (Å²) in [6, 6.07) is 20.1. The van der Waals surface area contributed by atoms with Crippen LogP contribution in [0, 0.1) is 0 Å². The second kappa shape index (κ2) is 6.59. The molecule has 0 N–H and O–H groups in total. The summed E-state index contributed by atoms with van der Waals surface area (Å²) in [5.41, 5.74) is 2.02. The maximum Gasteiger partial charge on any atom is 0.163 e. The third kappa shape index (κ3) is 3.01. The molecular weight excluding hydrogens is 294 g/mol. The van der Waals surface area contributed by atoms with E-state index in [4.69, 9.17) is 15.0 Å². The summed E-state index contributed by atoms with van der Waals surface area (Å²) < 4.78 is 0. The number of benzene rings is 2. The van der Waals surface area contributed by atoms with Crippen molar-refractivity contribution >= 4 is 0 Å². The van der Waals surface area contributed by atoms with Crippen molar-refractivity contribution in [3.8, 4) is 22.8 Å². The predicted octanol–water partition coefficient (Wildman–Crippen LogP) is 4.81. The zero-order valence-corrected chi connectivity index (χ0v) is 13.2. The lowest BCUT2D eigenvalue weighted by Crippen LogP contribution is -2.07. The van der Waals surface area contributed by atoms with Gasteiger partial charge in [0.2, 0.25) is 0 Å². The van der Waals surface area contributed by atoms with E-state index >= 15 is 0 Å². The van der Waals surface area contributed by atoms with Gasteiger partial charge in [0, 0.05) is 17.0 Å². The second-order valence-corrected chi connectivity index (χ2v) is 5.73. The third-order valence-corrected chi connectivity index (χ3v) is 4.03. The van der Waals surface area contributed by atoms with Gasteiger partial charge in [-0.25, -0.2) is 15.0 Å². The van der Waals surface area contributed by atoms with Crippen molar-refractivity contribution in [3.05, 3.63) is 90.8 Å². The topological polar surface area (TPSA) is 38.7 Å². The molecule has 1 heterocycles. The lowest BCUT2D eigenvalue weighted by molar-refractivity contribution is 0.764. The lowest BCUT2D eigenvalue weighted by Gasteiger charge is -2.14. The van der Waals surface area contributed by atoms with Gasteiger partial charge in [-0.2, -0.15) is 0 Å². The highest BCUT2D eigenvalue weighted by Crippen LogP contribution is 2.26. The normalized spacial score (nSPS) is 16.2. The molecular formula is C21H17N3. The van der Waals surface area contributed by atoms with E-state index in [2.05, 4.69) is 24.3 Å². The van der Waals surface area contributed by atoms with Crippen molar-refractivity contribution in [2.45, 2.75) is 12.3 Å². The van der Waals surface area contributed by atoms with Crippen molar-refractivity contribution < 1.29 is 0 Å². The van der Waals surface area contributed by atoms with Gasteiger partial charge in [-0.1, -0.05) is 85.0 Å². The van der Waals surface area contributed by atoms with Gasteiger partial charge in [0.05, 0.1) is 0 Å². The quantitative estimate of drug-likeness (QED) is 0.697. The monoisotopic (exact) mass is 311 g/mol. The molecule has 2 aromatic carbocycles. The Labute approximate surface area is 141 Å². The van der Waals surface area contributed by atoms with Crippen LogP contribution in [-0.2, 0) is 0 Å². The summed E-state index contributed by atoms with van der Waals surface area (Å²) in [4.78, 5) is 14.2. The molecule has 0 fully saturated rings. The van der Waals surface area contributed by atoms with E-state index in [1.54, 1.807) is 0 Å². The molecule has 0 spiro atoms. The fraction of sp³-hybridized carbons (Fsp3) is 0.0952. The van der Waals surface area contributed by atoms with Gasteiger partial charge in [-0.15, -0.1) is 0 Å². The first-order valence-electron chi connectivity index (χ1n) is 8.10. The third-order valence-electron chi connectivity index (χ3n) is 4.03. The van der Waals surface area contributed by atoms with Crippen molar-refractivity contribution in [2.24, 2.45) is 0 Å². The molecule has 3 aromatic rings. The van der Waals surface area contributed by atoms with Crippen LogP contribution in [0.25, 0.3) is 22.8 Å². The standard InChI is InChI=1S/C21H17N3/c1-4-10-16(11-5-1)19-22-20(17-12-6-2-7-13-17)24-21(23-19)18-14-8-3-9-15-18/h1-14,18H,15H2. The number of rotatable bonds is 3. The van der Waals surface area contributed by atoms with E-state index in [0.717, 1.165) is 35.0 Å². The number of aromatic nitrogens is 3. The van der Waals surface area contributed by atoms with Gasteiger partial charge in [-0.05, 0) is 6.42 Å². The summed E-state index contributed by atoms with van der Waals surface area (Å²) >= 11 is 0. The fourth-order valence-electron chi connectivity index (χ4n) is 2.76. The minimum Gasteiger partial charge on any atom is -0.212 e. The number of hydrogen-bond acceptors (Lipinski definition) is 3. The van der Waals surface area contributed by atoms with Gasteiger partial charge in [0.25, 0.3) is 0 Å². The SMILES string of the molecule is C1=CCC(c2nc(-c3ccccc3)nc(-c3ccccc3)n2)C=C1. The van der Waals surface area contributed by atoms with Crippen LogP contribution in [0.15, 0.2) is 85.0 Å². The summed E-state index contributed by atoms with van der Waals surface area (Å²) in [5, 5.41) is 0. The number of nitrogens with zero attached hydrogens (tertiary/aromatic N) is 3. The number of hydrogen-bond donors (Lipinski definition) is 0. The molecule has 0 saturated carbocycles. The van der Waals surface area contributed by atoms with E-state index in [9.17, 15) is 0 Å². The maximum atomic E-state index is 4.75. The Morgan fingerprint density at radius 2 is 1.25 bits per heavy atom. The van der Waals surface area contributed by atoms with Crippen LogP contribution < -0.4 is 0 Å². The molecule has 1 unspecified atom stereocenters. The van der Waals surface area contributed by atoms with Crippen LogP contribution in [-0.4, -0.2) is 15.0 Å². The number of allylic oxidation sites excluding steroid dienone is 4. The zero-order valence-electron chi connectivity index (χ0n) is 13.2. The fourth-order valence-corrected chi connectivity index (χ4v) is 2.76. The summed E-state index contributed by atoms with van der Waals surface area (Å²) in [5.74, 6) is 2.47. The van der Waals surface area contributed by atoms with Crippen molar-refractivity contribution in [1.82, 2.24) is 15.0 Å². The summed E-state index contributed by atoms with van der Waals surface area (Å²) in [6.45, 7) is 0. The average molecular weight is 311 g/mol. The van der Waals surface area contributed by atoms with Gasteiger partial charge in [0.15, 0.2) is 11.6 Å². The van der Waals surface area contributed by atoms with Gasteiger partial charge in [0.1, 0.15) is 5.82 Å². The first-order valence-corrected chi connectivity index (χ1v) is 8.10. The van der Waals surface area contributed by atoms with Crippen LogP contribution in [0.1, 0.15) is 18.2 Å². The van der Waals surface area contributed by atoms with E-state index in [-0.39, 0.29) is 5.92 Å². The Kier molecular flexibility index (Phi) is 3.98. The predicted molar refractivity (Wildman–Crippen MR) is 96.3 cm³/mol. The highest BCUT2D eigenvalue weighted by atomic mass is 15.0. The van der Waals surface area contributed by atoms with Crippen LogP contribution in [0.4, 0.5) is 0 Å². The molecule has 116 valence electrons. The zero-order chi connectivity index (χ0) is 16.2. The second-order valence-electron chi connectivity index (χ2n) is 5.73. The highest BCUT2D eigenvalue weighted by Gasteiger charge is 2.16. The van der Waals surface area contributed by atoms with Crippen LogP contribution in [0.3, 0.4) is 0 Å². The molecule has 1 atom stereocenters. The molecule has 0 radical (unpaired) electrons. The Morgan fingerprint density at radius 1 is 0.667 bits per heavy atom. The maximum absolute atomic E-state index is 4.75. The molecule has 1 aliphatic carbocycles. The Hall–Kier alpha value is -3.07. The van der Waals surface area contributed by atoms with Gasteiger partial charge < -0.3 is 0 Å². The van der Waals surface area contributed by atoms with Crippen molar-refractivity contribution in [2.75, 3.05) is 0 Å². The van der Waals surface area contributed by atoms with Crippen molar-refractivity contribution in [1.29, 1.82) is 0 Å². The molecule has 0 amide bonds. The minimum absolute atomic E-state index is 0.197. The summed E-state index contributed by atoms with van der Waals surface area (Å²) in [7, 11) is 0. The Morgan fingerprint density at radius 3 is 1.75 bits per heavy atom. The molecule has 1 aliphatic rings. The molecule has 3 nitrogen and oxygen atoms in total. The largest absolute Gasteiger partial charge is 0.212 e. The van der Waals surface area contributed by atoms with E-state index < -0.39 is 0 Å². The minimum atomic E-state index is 0.197. The van der Waals surface area contributed by atoms with E-state index in [1.807, 2.05) is 60.7 Å². The van der Waals surface area contributed by atoms with Crippen LogP contribution >= 0.6 is 0 Å². The first kappa shape index (κ1) is 14.5. The first-order chi connectivity index (χ1) is 11.9. The average Bonchev–Trinajstić information content (AvgIpc) is 2.70. The van der Waals surface area contributed by atoms with Crippen molar-refractivity contribution in [3.63, 3.8) is 0 Å². The Bertz CT molecular complexity index is 826. The van der Waals surface area contributed by atoms with E-state index in [0.29, 0.717) is 0 Å².